The first-order chi connectivity index (χ1) is 6.14. The number of rotatable bonds is 3. The first-order valence-corrected chi connectivity index (χ1v) is 4.34. The highest BCUT2D eigenvalue weighted by Crippen LogP contribution is 2.03. The third-order valence-corrected chi connectivity index (χ3v) is 1.86. The third kappa shape index (κ3) is 3.27. The molecule has 0 unspecified atom stereocenters. The molecule has 0 saturated heterocycles. The Morgan fingerprint density at radius 3 is 2.46 bits per heavy atom. The second-order valence-corrected chi connectivity index (χ2v) is 3.58. The summed E-state index contributed by atoms with van der Waals surface area (Å²) in [6.07, 6.45) is 0. The van der Waals surface area contributed by atoms with E-state index in [1.807, 2.05) is 44.2 Å². The number of nitrogens with zero attached hydrogens (tertiary/aromatic N) is 1. The van der Waals surface area contributed by atoms with Crippen molar-refractivity contribution in [3.05, 3.63) is 35.9 Å². The van der Waals surface area contributed by atoms with E-state index in [1.165, 1.54) is 5.56 Å². The average Bonchev–Trinajstić information content (AvgIpc) is 2.17. The van der Waals surface area contributed by atoms with Crippen LogP contribution in [0, 0.1) is 11.3 Å². The maximum absolute atomic E-state index is 8.76. The van der Waals surface area contributed by atoms with Gasteiger partial charge >= 0.3 is 0 Å². The molecular weight excluding hydrogens is 160 g/mol. The Hall–Kier alpha value is -1.33. The van der Waals surface area contributed by atoms with Crippen molar-refractivity contribution in [2.75, 3.05) is 0 Å². The van der Waals surface area contributed by atoms with Crippen LogP contribution in [0.5, 0.6) is 0 Å². The van der Waals surface area contributed by atoms with Crippen molar-refractivity contribution < 1.29 is 0 Å². The smallest absolute Gasteiger partial charge is 0.101 e. The van der Waals surface area contributed by atoms with E-state index in [0.717, 1.165) is 6.54 Å². The zero-order chi connectivity index (χ0) is 9.73. The predicted molar refractivity (Wildman–Crippen MR) is 53.0 cm³/mol. The van der Waals surface area contributed by atoms with E-state index < -0.39 is 5.54 Å². The maximum Gasteiger partial charge on any atom is 0.101 e. The summed E-state index contributed by atoms with van der Waals surface area (Å²) in [5.74, 6) is 0. The molecule has 0 heterocycles. The van der Waals surface area contributed by atoms with Gasteiger partial charge in [0.15, 0.2) is 0 Å². The predicted octanol–water partition coefficient (Wildman–Crippen LogP) is 2.08. The number of benzene rings is 1. The summed E-state index contributed by atoms with van der Waals surface area (Å²) < 4.78 is 0. The van der Waals surface area contributed by atoms with Gasteiger partial charge in [0.25, 0.3) is 0 Å². The van der Waals surface area contributed by atoms with Crippen molar-refractivity contribution in [3.8, 4) is 6.07 Å². The molecule has 0 aliphatic rings. The van der Waals surface area contributed by atoms with E-state index in [2.05, 4.69) is 11.4 Å². The van der Waals surface area contributed by atoms with Gasteiger partial charge < -0.3 is 0 Å². The number of hydrogen-bond donors (Lipinski definition) is 1. The van der Waals surface area contributed by atoms with Gasteiger partial charge in [-0.2, -0.15) is 5.26 Å². The lowest BCUT2D eigenvalue weighted by Gasteiger charge is -2.17. The lowest BCUT2D eigenvalue weighted by Crippen LogP contribution is -2.36. The fraction of sp³-hybridized carbons (Fsp3) is 0.364. The molecule has 0 aliphatic heterocycles. The van der Waals surface area contributed by atoms with E-state index in [4.69, 9.17) is 5.26 Å². The van der Waals surface area contributed by atoms with Gasteiger partial charge in [-0.25, -0.2) is 0 Å². The van der Waals surface area contributed by atoms with Crippen LogP contribution in [0.4, 0.5) is 0 Å². The quantitative estimate of drug-likeness (QED) is 0.761. The molecule has 0 aromatic heterocycles. The van der Waals surface area contributed by atoms with Gasteiger partial charge in [0.05, 0.1) is 6.07 Å². The minimum Gasteiger partial charge on any atom is -0.296 e. The van der Waals surface area contributed by atoms with Gasteiger partial charge in [-0.3, -0.25) is 5.32 Å². The van der Waals surface area contributed by atoms with Gasteiger partial charge in [0.1, 0.15) is 5.54 Å². The average molecular weight is 174 g/mol. The summed E-state index contributed by atoms with van der Waals surface area (Å²) in [6.45, 7) is 4.48. The van der Waals surface area contributed by atoms with Crippen molar-refractivity contribution >= 4 is 0 Å². The molecule has 1 rings (SSSR count). The Morgan fingerprint density at radius 1 is 1.31 bits per heavy atom. The molecule has 0 amide bonds. The molecule has 0 spiro atoms. The SMILES string of the molecule is CC(C)(C#N)NCc1ccccc1. The molecule has 1 aromatic rings. The molecule has 1 aromatic carbocycles. The van der Waals surface area contributed by atoms with E-state index >= 15 is 0 Å². The van der Waals surface area contributed by atoms with Crippen LogP contribution >= 0.6 is 0 Å². The minimum atomic E-state index is -0.449. The molecule has 68 valence electrons. The fourth-order valence-electron chi connectivity index (χ4n) is 0.958. The summed E-state index contributed by atoms with van der Waals surface area (Å²) in [5, 5.41) is 11.9. The Bertz CT molecular complexity index is 296. The number of hydrogen-bond acceptors (Lipinski definition) is 2. The Labute approximate surface area is 79.2 Å². The van der Waals surface area contributed by atoms with Gasteiger partial charge in [-0.1, -0.05) is 30.3 Å². The number of nitrogens with one attached hydrogen (secondary N) is 1. The Balaban J connectivity index is 2.50. The summed E-state index contributed by atoms with van der Waals surface area (Å²) in [6, 6.07) is 12.3. The lowest BCUT2D eigenvalue weighted by atomic mass is 10.1. The standard InChI is InChI=1S/C11H14N2/c1-11(2,9-12)13-8-10-6-4-3-5-7-10/h3-7,13H,8H2,1-2H3. The van der Waals surface area contributed by atoms with Crippen molar-refractivity contribution in [2.45, 2.75) is 25.9 Å². The van der Waals surface area contributed by atoms with Crippen LogP contribution in [0.3, 0.4) is 0 Å². The molecule has 0 radical (unpaired) electrons. The van der Waals surface area contributed by atoms with Crippen molar-refractivity contribution in [3.63, 3.8) is 0 Å². The highest BCUT2D eigenvalue weighted by molar-refractivity contribution is 5.15. The van der Waals surface area contributed by atoms with Crippen molar-refractivity contribution in [1.29, 1.82) is 5.26 Å². The molecule has 1 N–H and O–H groups in total. The topological polar surface area (TPSA) is 35.8 Å². The minimum absolute atomic E-state index is 0.449. The molecule has 2 heteroatoms. The Morgan fingerprint density at radius 2 is 1.92 bits per heavy atom. The molecule has 2 nitrogen and oxygen atoms in total. The van der Waals surface area contributed by atoms with Crippen LogP contribution in [-0.4, -0.2) is 5.54 Å². The molecule has 0 fully saturated rings. The van der Waals surface area contributed by atoms with E-state index in [0.29, 0.717) is 0 Å². The van der Waals surface area contributed by atoms with Gasteiger partial charge in [-0.15, -0.1) is 0 Å². The highest BCUT2D eigenvalue weighted by atomic mass is 14.9. The molecule has 0 saturated carbocycles. The second kappa shape index (κ2) is 4.06. The fourth-order valence-corrected chi connectivity index (χ4v) is 0.958. The summed E-state index contributed by atoms with van der Waals surface area (Å²) >= 11 is 0. The first-order valence-electron chi connectivity index (χ1n) is 4.34. The van der Waals surface area contributed by atoms with Crippen LogP contribution in [0.2, 0.25) is 0 Å². The normalized spacial score (nSPS) is 10.8. The molecule has 13 heavy (non-hydrogen) atoms. The van der Waals surface area contributed by atoms with Gasteiger partial charge in [0.2, 0.25) is 0 Å². The summed E-state index contributed by atoms with van der Waals surface area (Å²) in [7, 11) is 0. The Kier molecular flexibility index (Phi) is 3.05. The van der Waals surface area contributed by atoms with E-state index in [9.17, 15) is 0 Å². The van der Waals surface area contributed by atoms with Crippen molar-refractivity contribution in [1.82, 2.24) is 5.32 Å². The highest BCUT2D eigenvalue weighted by Gasteiger charge is 2.14. The molecule has 0 aliphatic carbocycles. The van der Waals surface area contributed by atoms with E-state index in [-0.39, 0.29) is 0 Å². The van der Waals surface area contributed by atoms with Crippen LogP contribution in [-0.2, 0) is 6.54 Å². The van der Waals surface area contributed by atoms with Crippen LogP contribution in [0.25, 0.3) is 0 Å². The second-order valence-electron chi connectivity index (χ2n) is 3.58. The molecular formula is C11H14N2. The molecule has 0 atom stereocenters. The third-order valence-electron chi connectivity index (χ3n) is 1.86. The lowest BCUT2D eigenvalue weighted by molar-refractivity contribution is 0.485. The zero-order valence-corrected chi connectivity index (χ0v) is 8.04. The molecule has 0 bridgehead atoms. The zero-order valence-electron chi connectivity index (χ0n) is 8.04. The van der Waals surface area contributed by atoms with Gasteiger partial charge in [0, 0.05) is 6.54 Å². The van der Waals surface area contributed by atoms with Crippen molar-refractivity contribution in [2.24, 2.45) is 0 Å². The summed E-state index contributed by atoms with van der Waals surface area (Å²) in [4.78, 5) is 0. The monoisotopic (exact) mass is 174 g/mol. The van der Waals surface area contributed by atoms with Crippen LogP contribution in [0.15, 0.2) is 30.3 Å². The largest absolute Gasteiger partial charge is 0.296 e. The van der Waals surface area contributed by atoms with Crippen LogP contribution in [0.1, 0.15) is 19.4 Å². The van der Waals surface area contributed by atoms with E-state index in [1.54, 1.807) is 0 Å². The first kappa shape index (κ1) is 9.76. The summed E-state index contributed by atoms with van der Waals surface area (Å²) in [5.41, 5.74) is 0.751. The number of nitriles is 1. The van der Waals surface area contributed by atoms with Gasteiger partial charge in [-0.05, 0) is 19.4 Å². The maximum atomic E-state index is 8.76. The van der Waals surface area contributed by atoms with Crippen LogP contribution < -0.4 is 5.32 Å².